The second-order valence-corrected chi connectivity index (χ2v) is 8.26. The minimum atomic E-state index is 0.809. The summed E-state index contributed by atoms with van der Waals surface area (Å²) in [6.45, 7) is 5.57. The number of piperazine rings is 1. The summed E-state index contributed by atoms with van der Waals surface area (Å²) >= 11 is 8.24. The van der Waals surface area contributed by atoms with E-state index in [2.05, 4.69) is 59.3 Å². The van der Waals surface area contributed by atoms with Crippen LogP contribution >= 0.6 is 23.4 Å². The van der Waals surface area contributed by atoms with Gasteiger partial charge in [0.25, 0.3) is 0 Å². The van der Waals surface area contributed by atoms with Crippen LogP contribution in [0.5, 0.6) is 0 Å². The number of rotatable bonds is 2. The van der Waals surface area contributed by atoms with Crippen LogP contribution in [0.1, 0.15) is 16.7 Å². The maximum absolute atomic E-state index is 6.33. The van der Waals surface area contributed by atoms with Gasteiger partial charge in [0.15, 0.2) is 0 Å². The van der Waals surface area contributed by atoms with Crippen molar-refractivity contribution >= 4 is 28.9 Å². The molecule has 0 saturated carbocycles. The van der Waals surface area contributed by atoms with E-state index in [1.54, 1.807) is 0 Å². The zero-order chi connectivity index (χ0) is 17.2. The van der Waals surface area contributed by atoms with E-state index in [4.69, 9.17) is 11.6 Å². The van der Waals surface area contributed by atoms with Crippen molar-refractivity contribution in [1.82, 2.24) is 9.80 Å². The molecule has 2 nitrogen and oxygen atoms in total. The summed E-state index contributed by atoms with van der Waals surface area (Å²) in [5.74, 6) is 1.01. The molecule has 2 aliphatic rings. The first kappa shape index (κ1) is 17.2. The van der Waals surface area contributed by atoms with E-state index in [-0.39, 0.29) is 0 Å². The molecule has 2 heterocycles. The van der Waals surface area contributed by atoms with Gasteiger partial charge in [-0.15, -0.1) is 11.8 Å². The van der Waals surface area contributed by atoms with E-state index < -0.39 is 0 Å². The Morgan fingerprint density at radius 1 is 1.04 bits per heavy atom. The van der Waals surface area contributed by atoms with E-state index in [0.717, 1.165) is 43.5 Å². The summed E-state index contributed by atoms with van der Waals surface area (Å²) in [7, 11) is 2.20. The first-order valence-corrected chi connectivity index (χ1v) is 10.2. The molecule has 0 spiro atoms. The summed E-state index contributed by atoms with van der Waals surface area (Å²) in [6, 6.07) is 15.1. The van der Waals surface area contributed by atoms with Gasteiger partial charge in [0.05, 0.1) is 0 Å². The van der Waals surface area contributed by atoms with E-state index >= 15 is 0 Å². The number of likely N-dealkylation sites (N-methyl/N-ethyl adjacent to an activating group) is 1. The molecule has 0 N–H and O–H groups in total. The molecule has 25 heavy (non-hydrogen) atoms. The van der Waals surface area contributed by atoms with Crippen LogP contribution in [0.4, 0.5) is 0 Å². The molecule has 130 valence electrons. The average Bonchev–Trinajstić information content (AvgIpc) is 2.78. The lowest BCUT2D eigenvalue weighted by molar-refractivity contribution is 0.166. The van der Waals surface area contributed by atoms with Crippen molar-refractivity contribution in [1.29, 1.82) is 0 Å². The van der Waals surface area contributed by atoms with Gasteiger partial charge in [-0.05, 0) is 47.5 Å². The second-order valence-electron chi connectivity index (χ2n) is 6.81. The van der Waals surface area contributed by atoms with Crippen LogP contribution in [-0.4, -0.2) is 49.6 Å². The number of benzene rings is 2. The molecule has 4 rings (SSSR count). The molecule has 1 saturated heterocycles. The molecular formula is C21H23ClN2S. The van der Waals surface area contributed by atoms with Crippen LogP contribution in [0.25, 0.3) is 5.57 Å². The van der Waals surface area contributed by atoms with Crippen molar-refractivity contribution in [3.63, 3.8) is 0 Å². The molecule has 1 fully saturated rings. The highest BCUT2D eigenvalue weighted by Gasteiger charge is 2.19. The Kier molecular flexibility index (Phi) is 5.18. The van der Waals surface area contributed by atoms with Gasteiger partial charge in [-0.25, -0.2) is 0 Å². The monoisotopic (exact) mass is 370 g/mol. The molecule has 4 heteroatoms. The van der Waals surface area contributed by atoms with Crippen LogP contribution in [0.15, 0.2) is 53.4 Å². The van der Waals surface area contributed by atoms with Gasteiger partial charge in [0.2, 0.25) is 0 Å². The number of nitrogens with zero attached hydrogens (tertiary/aromatic N) is 2. The summed E-state index contributed by atoms with van der Waals surface area (Å²) in [5.41, 5.74) is 5.36. The Bertz CT molecular complexity index is 794. The van der Waals surface area contributed by atoms with Crippen molar-refractivity contribution in [3.8, 4) is 0 Å². The number of hydrogen-bond donors (Lipinski definition) is 0. The Labute approximate surface area is 159 Å². The van der Waals surface area contributed by atoms with Gasteiger partial charge in [-0.3, -0.25) is 4.90 Å². The fourth-order valence-corrected chi connectivity index (χ4v) is 4.74. The molecule has 2 aromatic rings. The summed E-state index contributed by atoms with van der Waals surface area (Å²) in [6.07, 6.45) is 2.41. The quantitative estimate of drug-likeness (QED) is 0.761. The third-order valence-electron chi connectivity index (χ3n) is 5.07. The Hall–Kier alpha value is -1.26. The minimum absolute atomic E-state index is 0.809. The molecule has 2 aromatic carbocycles. The lowest BCUT2D eigenvalue weighted by atomic mass is 9.94. The van der Waals surface area contributed by atoms with Crippen LogP contribution in [-0.2, 0) is 5.75 Å². The van der Waals surface area contributed by atoms with Crippen molar-refractivity contribution < 1.29 is 0 Å². The molecule has 0 unspecified atom stereocenters. The summed E-state index contributed by atoms with van der Waals surface area (Å²) < 4.78 is 0. The van der Waals surface area contributed by atoms with Gasteiger partial charge < -0.3 is 4.90 Å². The lowest BCUT2D eigenvalue weighted by Gasteiger charge is -2.31. The van der Waals surface area contributed by atoms with Crippen molar-refractivity contribution in [2.45, 2.75) is 10.6 Å². The van der Waals surface area contributed by atoms with Crippen molar-refractivity contribution in [3.05, 3.63) is 70.3 Å². The Balaban J connectivity index is 1.71. The van der Waals surface area contributed by atoms with Crippen LogP contribution in [0, 0.1) is 0 Å². The van der Waals surface area contributed by atoms with Crippen LogP contribution < -0.4 is 0 Å². The predicted octanol–water partition coefficient (Wildman–Crippen LogP) is 4.62. The third kappa shape index (κ3) is 3.80. The van der Waals surface area contributed by atoms with Crippen LogP contribution in [0.3, 0.4) is 0 Å². The van der Waals surface area contributed by atoms with E-state index in [1.165, 1.54) is 27.2 Å². The smallest absolute Gasteiger partial charge is 0.0412 e. The fraction of sp³-hybridized carbons (Fsp3) is 0.333. The molecular weight excluding hydrogens is 348 g/mol. The van der Waals surface area contributed by atoms with Crippen LogP contribution in [0.2, 0.25) is 5.02 Å². The third-order valence-corrected chi connectivity index (χ3v) is 6.43. The highest BCUT2D eigenvalue weighted by Crippen LogP contribution is 2.41. The first-order valence-electron chi connectivity index (χ1n) is 8.83. The Morgan fingerprint density at radius 3 is 2.68 bits per heavy atom. The number of thioether (sulfide) groups is 1. The zero-order valence-electron chi connectivity index (χ0n) is 14.5. The van der Waals surface area contributed by atoms with E-state index in [1.807, 2.05) is 17.8 Å². The first-order chi connectivity index (χ1) is 12.2. The number of halogens is 1. The van der Waals surface area contributed by atoms with Crippen molar-refractivity contribution in [2.24, 2.45) is 0 Å². The topological polar surface area (TPSA) is 6.48 Å². The normalized spacial score (nSPS) is 20.2. The highest BCUT2D eigenvalue weighted by atomic mass is 35.5. The van der Waals surface area contributed by atoms with Gasteiger partial charge in [-0.1, -0.05) is 41.9 Å². The van der Waals surface area contributed by atoms with Gasteiger partial charge in [0, 0.05) is 48.4 Å². The second kappa shape index (κ2) is 7.55. The molecule has 0 bridgehead atoms. The van der Waals surface area contributed by atoms with E-state index in [9.17, 15) is 0 Å². The number of fused-ring (bicyclic) bond motifs is 2. The maximum Gasteiger partial charge on any atom is 0.0412 e. The summed E-state index contributed by atoms with van der Waals surface area (Å²) in [5, 5.41) is 0.809. The summed E-state index contributed by atoms with van der Waals surface area (Å²) in [4.78, 5) is 6.26. The standard InChI is InChI=1S/C21H23ClN2S/c1-23-10-12-24(13-11-23)9-8-19-18-5-3-2-4-16(18)15-25-21-7-6-17(22)14-20(19)21/h2-8,14H,9-13,15H2,1H3/b19-8-. The molecule has 0 aliphatic carbocycles. The SMILES string of the molecule is CN1CCN(C/C=C2/c3ccccc3CSc3ccc(Cl)cc32)CC1. The van der Waals surface area contributed by atoms with E-state index in [0.29, 0.717) is 0 Å². The lowest BCUT2D eigenvalue weighted by Crippen LogP contribution is -2.44. The molecule has 0 radical (unpaired) electrons. The van der Waals surface area contributed by atoms with Crippen molar-refractivity contribution in [2.75, 3.05) is 39.8 Å². The maximum atomic E-state index is 6.33. The van der Waals surface area contributed by atoms with Gasteiger partial charge in [0.1, 0.15) is 0 Å². The van der Waals surface area contributed by atoms with Gasteiger partial charge in [-0.2, -0.15) is 0 Å². The molecule has 0 amide bonds. The molecule has 2 aliphatic heterocycles. The average molecular weight is 371 g/mol. The minimum Gasteiger partial charge on any atom is -0.304 e. The predicted molar refractivity (Wildman–Crippen MR) is 108 cm³/mol. The number of hydrogen-bond acceptors (Lipinski definition) is 3. The van der Waals surface area contributed by atoms with Gasteiger partial charge >= 0.3 is 0 Å². The zero-order valence-corrected chi connectivity index (χ0v) is 16.1. The molecule has 0 aromatic heterocycles. The highest BCUT2D eigenvalue weighted by molar-refractivity contribution is 7.98. The fourth-order valence-electron chi connectivity index (χ4n) is 3.52. The largest absolute Gasteiger partial charge is 0.304 e. The Morgan fingerprint density at radius 2 is 1.84 bits per heavy atom. The molecule has 0 atom stereocenters.